The van der Waals surface area contributed by atoms with Crippen LogP contribution in [0.15, 0.2) is 58.5 Å². The number of urea groups is 1. The van der Waals surface area contributed by atoms with E-state index in [1.807, 2.05) is 44.2 Å². The fourth-order valence-corrected chi connectivity index (χ4v) is 3.12. The first-order valence-electron chi connectivity index (χ1n) is 9.06. The smallest absolute Gasteiger partial charge is 0.319 e. The topological polar surface area (TPSA) is 130 Å². The molecule has 0 radical (unpaired) electrons. The maximum atomic E-state index is 12.2. The zero-order chi connectivity index (χ0) is 21.0. The van der Waals surface area contributed by atoms with Crippen molar-refractivity contribution in [2.24, 2.45) is 21.5 Å². The molecule has 2 aromatic rings. The number of aliphatic imine (C=N–C) groups is 2. The summed E-state index contributed by atoms with van der Waals surface area (Å²) in [6.07, 6.45) is 0. The van der Waals surface area contributed by atoms with Crippen molar-refractivity contribution in [2.75, 3.05) is 17.3 Å². The summed E-state index contributed by atoms with van der Waals surface area (Å²) >= 11 is 0. The van der Waals surface area contributed by atoms with Crippen molar-refractivity contribution >= 4 is 29.3 Å². The number of hydrogen-bond donors (Lipinski definition) is 4. The average molecular weight is 395 g/mol. The van der Waals surface area contributed by atoms with Crippen LogP contribution >= 0.6 is 0 Å². The summed E-state index contributed by atoms with van der Waals surface area (Å²) in [5.41, 5.74) is 13.5. The summed E-state index contributed by atoms with van der Waals surface area (Å²) < 4.78 is 5.16. The summed E-state index contributed by atoms with van der Waals surface area (Å²) in [7, 11) is 1.58. The Balaban J connectivity index is 1.67. The van der Waals surface area contributed by atoms with Crippen molar-refractivity contribution in [2.45, 2.75) is 26.1 Å². The number of ether oxygens (including phenoxy) is 1. The molecule has 9 nitrogen and oxygen atoms in total. The number of nitrogens with one attached hydrogen (secondary N) is 2. The number of guanidine groups is 2. The predicted molar refractivity (Wildman–Crippen MR) is 115 cm³/mol. The molecule has 29 heavy (non-hydrogen) atoms. The predicted octanol–water partition coefficient (Wildman–Crippen LogP) is 2.20. The highest BCUT2D eigenvalue weighted by Crippen LogP contribution is 2.28. The van der Waals surface area contributed by atoms with Gasteiger partial charge in [0.15, 0.2) is 0 Å². The van der Waals surface area contributed by atoms with Gasteiger partial charge in [-0.3, -0.25) is 4.90 Å². The van der Waals surface area contributed by atoms with E-state index in [1.54, 1.807) is 30.2 Å². The minimum atomic E-state index is -0.675. The van der Waals surface area contributed by atoms with E-state index < -0.39 is 5.66 Å². The van der Waals surface area contributed by atoms with Crippen LogP contribution in [-0.2, 0) is 6.54 Å². The third-order valence-electron chi connectivity index (χ3n) is 4.34. The number of amides is 2. The van der Waals surface area contributed by atoms with E-state index in [-0.39, 0.29) is 18.0 Å². The lowest BCUT2D eigenvalue weighted by molar-refractivity contribution is 0.251. The Morgan fingerprint density at radius 2 is 1.93 bits per heavy atom. The molecular weight excluding hydrogens is 370 g/mol. The van der Waals surface area contributed by atoms with Crippen molar-refractivity contribution in [3.05, 3.63) is 54.1 Å². The molecular formula is C20H25N7O2. The Labute approximate surface area is 169 Å². The molecule has 152 valence electrons. The van der Waals surface area contributed by atoms with Crippen LogP contribution in [0.2, 0.25) is 0 Å². The molecule has 0 bridgehead atoms. The monoisotopic (exact) mass is 395 g/mol. The van der Waals surface area contributed by atoms with Crippen LogP contribution in [0.3, 0.4) is 0 Å². The normalized spacial score (nSPS) is 15.2. The molecule has 0 saturated heterocycles. The first-order valence-corrected chi connectivity index (χ1v) is 9.06. The Kier molecular flexibility index (Phi) is 5.58. The van der Waals surface area contributed by atoms with Crippen molar-refractivity contribution in [1.82, 2.24) is 5.32 Å². The van der Waals surface area contributed by atoms with Crippen LogP contribution in [-0.4, -0.2) is 30.7 Å². The molecule has 1 aliphatic rings. The lowest BCUT2D eigenvalue weighted by Gasteiger charge is -2.38. The fourth-order valence-electron chi connectivity index (χ4n) is 3.12. The zero-order valence-corrected chi connectivity index (χ0v) is 16.6. The Hall–Kier alpha value is -3.75. The molecule has 0 aliphatic carbocycles. The first-order chi connectivity index (χ1) is 13.8. The van der Waals surface area contributed by atoms with Gasteiger partial charge in [0.2, 0.25) is 11.9 Å². The van der Waals surface area contributed by atoms with Gasteiger partial charge >= 0.3 is 6.03 Å². The van der Waals surface area contributed by atoms with Crippen molar-refractivity contribution in [1.29, 1.82) is 0 Å². The lowest BCUT2D eigenvalue weighted by Crippen LogP contribution is -2.54. The van der Waals surface area contributed by atoms with E-state index in [4.69, 9.17) is 16.2 Å². The van der Waals surface area contributed by atoms with Gasteiger partial charge in [0.1, 0.15) is 11.4 Å². The molecule has 0 aromatic heterocycles. The number of nitrogens with zero attached hydrogens (tertiary/aromatic N) is 3. The second-order valence-electron chi connectivity index (χ2n) is 6.98. The van der Waals surface area contributed by atoms with Gasteiger partial charge in [-0.2, -0.15) is 4.99 Å². The van der Waals surface area contributed by atoms with E-state index >= 15 is 0 Å². The number of nitrogens with two attached hydrogens (primary N) is 2. The molecule has 3 rings (SSSR count). The Bertz CT molecular complexity index is 969. The van der Waals surface area contributed by atoms with Crippen LogP contribution < -0.4 is 31.7 Å². The van der Waals surface area contributed by atoms with E-state index in [2.05, 4.69) is 20.6 Å². The molecule has 0 saturated carbocycles. The maximum absolute atomic E-state index is 12.2. The average Bonchev–Trinajstić information content (AvgIpc) is 2.65. The molecule has 0 fully saturated rings. The highest BCUT2D eigenvalue weighted by atomic mass is 16.5. The van der Waals surface area contributed by atoms with E-state index in [0.29, 0.717) is 18.0 Å². The lowest BCUT2D eigenvalue weighted by atomic mass is 10.1. The van der Waals surface area contributed by atoms with Crippen LogP contribution in [0.5, 0.6) is 5.75 Å². The van der Waals surface area contributed by atoms with Gasteiger partial charge in [0, 0.05) is 24.0 Å². The number of benzene rings is 2. The Morgan fingerprint density at radius 3 is 2.66 bits per heavy atom. The van der Waals surface area contributed by atoms with Crippen LogP contribution in [0.4, 0.5) is 16.2 Å². The molecule has 1 aliphatic heterocycles. The van der Waals surface area contributed by atoms with Gasteiger partial charge in [-0.25, -0.2) is 9.79 Å². The maximum Gasteiger partial charge on any atom is 0.319 e. The van der Waals surface area contributed by atoms with E-state index in [9.17, 15) is 4.79 Å². The highest BCUT2D eigenvalue weighted by molar-refractivity contribution is 6.05. The quantitative estimate of drug-likeness (QED) is 0.616. The molecule has 0 atom stereocenters. The summed E-state index contributed by atoms with van der Waals surface area (Å²) in [5, 5.41) is 5.61. The number of methoxy groups -OCH3 is 1. The van der Waals surface area contributed by atoms with Gasteiger partial charge in [0.25, 0.3) is 0 Å². The van der Waals surface area contributed by atoms with Gasteiger partial charge in [0.05, 0.1) is 7.11 Å². The third kappa shape index (κ3) is 4.75. The summed E-state index contributed by atoms with van der Waals surface area (Å²) in [4.78, 5) is 22.4. The molecule has 9 heteroatoms. The Morgan fingerprint density at radius 1 is 1.17 bits per heavy atom. The second-order valence-corrected chi connectivity index (χ2v) is 6.98. The van der Waals surface area contributed by atoms with Gasteiger partial charge in [-0.15, -0.1) is 0 Å². The number of hydrogen-bond acceptors (Lipinski definition) is 7. The third-order valence-corrected chi connectivity index (χ3v) is 4.34. The van der Waals surface area contributed by atoms with Crippen LogP contribution in [0.25, 0.3) is 0 Å². The minimum absolute atomic E-state index is 0.149. The molecule has 1 heterocycles. The molecule has 0 unspecified atom stereocenters. The van der Waals surface area contributed by atoms with Crippen molar-refractivity contribution in [3.8, 4) is 5.75 Å². The molecule has 2 amide bonds. The van der Waals surface area contributed by atoms with Crippen molar-refractivity contribution < 1.29 is 9.53 Å². The highest BCUT2D eigenvalue weighted by Gasteiger charge is 2.32. The summed E-state index contributed by atoms with van der Waals surface area (Å²) in [6.45, 7) is 4.13. The molecule has 2 aromatic carbocycles. The van der Waals surface area contributed by atoms with Crippen LogP contribution in [0, 0.1) is 0 Å². The summed E-state index contributed by atoms with van der Waals surface area (Å²) in [5.74, 6) is 1.08. The summed E-state index contributed by atoms with van der Waals surface area (Å²) in [6, 6.07) is 14.5. The van der Waals surface area contributed by atoms with E-state index in [1.165, 1.54) is 0 Å². The first kappa shape index (κ1) is 20.0. The van der Waals surface area contributed by atoms with Gasteiger partial charge in [-0.1, -0.05) is 18.2 Å². The van der Waals surface area contributed by atoms with Gasteiger partial charge in [-0.05, 0) is 43.7 Å². The molecule has 0 spiro atoms. The SMILES string of the molecule is COc1cccc(NC(=O)NCc2cccc(N3C(N)=NC(N)=NC3(C)C)c2)c1. The second kappa shape index (κ2) is 8.09. The van der Waals surface area contributed by atoms with Crippen molar-refractivity contribution in [3.63, 3.8) is 0 Å². The number of carbonyl (C=O) groups excluding carboxylic acids is 1. The number of carbonyl (C=O) groups is 1. The fraction of sp³-hybridized carbons (Fsp3) is 0.250. The van der Waals surface area contributed by atoms with Gasteiger partial charge < -0.3 is 26.8 Å². The molecule has 6 N–H and O–H groups in total. The minimum Gasteiger partial charge on any atom is -0.497 e. The number of anilines is 2. The van der Waals surface area contributed by atoms with E-state index in [0.717, 1.165) is 11.3 Å². The van der Waals surface area contributed by atoms with Crippen LogP contribution in [0.1, 0.15) is 19.4 Å². The number of rotatable bonds is 5. The largest absolute Gasteiger partial charge is 0.497 e. The zero-order valence-electron chi connectivity index (χ0n) is 16.6. The standard InChI is InChI=1S/C20H25N7O2/c1-20(2)26-17(21)25-18(22)27(20)15-8-4-6-13(10-15)12-23-19(28)24-14-7-5-9-16(11-14)29-3/h4-11H,12H2,1-3H3,(H2,23,24,28)(H4,21,22,25,26).